The second-order valence-corrected chi connectivity index (χ2v) is 7.22. The summed E-state index contributed by atoms with van der Waals surface area (Å²) in [7, 11) is 0. The second-order valence-electron chi connectivity index (χ2n) is 7.22. The Kier molecular flexibility index (Phi) is 5.38. The summed E-state index contributed by atoms with van der Waals surface area (Å²) in [6.45, 7) is 4.37. The average molecular weight is 402 g/mol. The molecule has 5 nitrogen and oxygen atoms in total. The zero-order valence-corrected chi connectivity index (χ0v) is 15.9. The molecule has 0 unspecified atom stereocenters. The summed E-state index contributed by atoms with van der Waals surface area (Å²) in [5.41, 5.74) is 2.89. The Morgan fingerprint density at radius 3 is 2.59 bits per heavy atom. The van der Waals surface area contributed by atoms with Gasteiger partial charge in [-0.2, -0.15) is 13.2 Å². The largest absolute Gasteiger partial charge is 0.416 e. The van der Waals surface area contributed by atoms with Crippen molar-refractivity contribution in [3.63, 3.8) is 0 Å². The van der Waals surface area contributed by atoms with Crippen molar-refractivity contribution in [2.24, 2.45) is 0 Å². The molecule has 0 aliphatic carbocycles. The fraction of sp³-hybridized carbons (Fsp3) is 0.333. The minimum atomic E-state index is -4.36. The number of aryl methyl sites for hydroxylation is 1. The number of aromatic nitrogens is 3. The third-order valence-corrected chi connectivity index (χ3v) is 4.86. The normalized spacial score (nSPS) is 17.7. The minimum Gasteiger partial charge on any atom is -0.356 e. The quantitative estimate of drug-likeness (QED) is 0.642. The minimum absolute atomic E-state index is 0.210. The van der Waals surface area contributed by atoms with E-state index in [0.717, 1.165) is 25.2 Å². The van der Waals surface area contributed by atoms with Crippen molar-refractivity contribution < 1.29 is 17.9 Å². The van der Waals surface area contributed by atoms with Crippen molar-refractivity contribution in [1.82, 2.24) is 19.9 Å². The maximum atomic E-state index is 12.9. The van der Waals surface area contributed by atoms with E-state index < -0.39 is 11.7 Å². The van der Waals surface area contributed by atoms with Gasteiger partial charge in [-0.15, -0.1) is 5.10 Å². The number of hydrogen-bond donors (Lipinski definition) is 0. The molecule has 1 aliphatic rings. The van der Waals surface area contributed by atoms with E-state index in [-0.39, 0.29) is 12.8 Å². The molecule has 0 radical (unpaired) electrons. The Balaban J connectivity index is 1.47. The van der Waals surface area contributed by atoms with E-state index in [1.165, 1.54) is 21.9 Å². The van der Waals surface area contributed by atoms with Crippen LogP contribution >= 0.6 is 0 Å². The van der Waals surface area contributed by atoms with E-state index in [0.29, 0.717) is 17.9 Å². The van der Waals surface area contributed by atoms with E-state index in [1.807, 2.05) is 6.07 Å². The summed E-state index contributed by atoms with van der Waals surface area (Å²) in [4.78, 5) is 2.17. The molecular weight excluding hydrogens is 381 g/mol. The topological polar surface area (TPSA) is 43.2 Å². The van der Waals surface area contributed by atoms with Gasteiger partial charge >= 0.3 is 6.18 Å². The van der Waals surface area contributed by atoms with Gasteiger partial charge < -0.3 is 4.74 Å². The van der Waals surface area contributed by atoms with Crippen LogP contribution in [0.4, 0.5) is 13.2 Å². The number of halogens is 3. The molecule has 152 valence electrons. The van der Waals surface area contributed by atoms with Gasteiger partial charge in [0.2, 0.25) is 0 Å². The number of benzene rings is 2. The van der Waals surface area contributed by atoms with Crippen molar-refractivity contribution in [3.8, 4) is 0 Å². The van der Waals surface area contributed by atoms with Gasteiger partial charge in [0, 0.05) is 13.1 Å². The third kappa shape index (κ3) is 4.65. The van der Waals surface area contributed by atoms with Gasteiger partial charge in [0.15, 0.2) is 6.23 Å². The van der Waals surface area contributed by atoms with Crippen molar-refractivity contribution in [1.29, 1.82) is 0 Å². The van der Waals surface area contributed by atoms with Crippen LogP contribution in [0, 0.1) is 6.92 Å². The first-order chi connectivity index (χ1) is 13.9. The summed E-state index contributed by atoms with van der Waals surface area (Å²) >= 11 is 0. The van der Waals surface area contributed by atoms with E-state index in [9.17, 15) is 13.2 Å². The lowest BCUT2D eigenvalue weighted by Crippen LogP contribution is -2.23. The monoisotopic (exact) mass is 402 g/mol. The zero-order chi connectivity index (χ0) is 20.4. The molecule has 0 spiro atoms. The van der Waals surface area contributed by atoms with Gasteiger partial charge in [-0.25, -0.2) is 4.68 Å². The molecule has 2 aromatic carbocycles. The molecule has 0 saturated carbocycles. The third-order valence-electron chi connectivity index (χ3n) is 4.86. The van der Waals surface area contributed by atoms with Gasteiger partial charge in [-0.3, -0.25) is 4.90 Å². The molecule has 4 rings (SSSR count). The van der Waals surface area contributed by atoms with Crippen molar-refractivity contribution in [2.75, 3.05) is 13.2 Å². The molecule has 8 heteroatoms. The van der Waals surface area contributed by atoms with Gasteiger partial charge in [0.1, 0.15) is 5.69 Å². The molecule has 1 saturated heterocycles. The summed E-state index contributed by atoms with van der Waals surface area (Å²) < 4.78 is 46.1. The van der Waals surface area contributed by atoms with E-state index in [4.69, 9.17) is 4.74 Å². The summed E-state index contributed by atoms with van der Waals surface area (Å²) in [5, 5.41) is 8.28. The fourth-order valence-corrected chi connectivity index (χ4v) is 3.52. The fourth-order valence-electron chi connectivity index (χ4n) is 3.52. The second kappa shape index (κ2) is 7.96. The van der Waals surface area contributed by atoms with Crippen LogP contribution in [0.5, 0.6) is 0 Å². The predicted octanol–water partition coefficient (Wildman–Crippen LogP) is 4.18. The zero-order valence-electron chi connectivity index (χ0n) is 15.9. The molecule has 0 bridgehead atoms. The highest BCUT2D eigenvalue weighted by atomic mass is 19.4. The van der Waals surface area contributed by atoms with Gasteiger partial charge in [-0.1, -0.05) is 47.2 Å². The Bertz CT molecular complexity index is 986. The molecule has 29 heavy (non-hydrogen) atoms. The van der Waals surface area contributed by atoms with Crippen LogP contribution in [0.3, 0.4) is 0 Å². The van der Waals surface area contributed by atoms with Crippen LogP contribution in [0.15, 0.2) is 54.7 Å². The molecule has 3 aromatic rings. The summed E-state index contributed by atoms with van der Waals surface area (Å²) in [6.07, 6.45) is -2.94. The van der Waals surface area contributed by atoms with E-state index >= 15 is 0 Å². The maximum absolute atomic E-state index is 12.9. The molecule has 1 atom stereocenters. The summed E-state index contributed by atoms with van der Waals surface area (Å²) in [6, 6.07) is 13.5. The lowest BCUT2D eigenvalue weighted by Gasteiger charge is -2.21. The molecule has 0 amide bonds. The number of alkyl halides is 3. The number of hydrogen-bond acceptors (Lipinski definition) is 4. The van der Waals surface area contributed by atoms with Crippen LogP contribution in [0.2, 0.25) is 0 Å². The van der Waals surface area contributed by atoms with Crippen LogP contribution in [0.25, 0.3) is 0 Å². The number of rotatable bonds is 5. The standard InChI is InChI=1S/C21H21F3N4O/c1-15-4-2-5-16(10-15)12-27-8-9-29-20(27)19-14-28(26-25-19)13-17-6-3-7-18(11-17)21(22,23)24/h2-7,10-11,14,20H,8-9,12-13H2,1H3/t20-/m1/s1. The molecule has 0 N–H and O–H groups in total. The maximum Gasteiger partial charge on any atom is 0.416 e. The molecule has 1 aliphatic heterocycles. The highest BCUT2D eigenvalue weighted by molar-refractivity contribution is 5.26. The smallest absolute Gasteiger partial charge is 0.356 e. The molecular formula is C21H21F3N4O. The van der Waals surface area contributed by atoms with Crippen molar-refractivity contribution in [2.45, 2.75) is 32.4 Å². The van der Waals surface area contributed by atoms with Gasteiger partial charge in [0.05, 0.1) is 24.9 Å². The predicted molar refractivity (Wildman–Crippen MR) is 101 cm³/mol. The average Bonchev–Trinajstić information content (AvgIpc) is 3.30. The van der Waals surface area contributed by atoms with Crippen LogP contribution < -0.4 is 0 Å². The van der Waals surface area contributed by atoms with E-state index in [2.05, 4.69) is 40.3 Å². The number of nitrogens with zero attached hydrogens (tertiary/aromatic N) is 4. The highest BCUT2D eigenvalue weighted by Gasteiger charge is 2.31. The van der Waals surface area contributed by atoms with E-state index in [1.54, 1.807) is 12.3 Å². The lowest BCUT2D eigenvalue weighted by atomic mass is 10.1. The van der Waals surface area contributed by atoms with Crippen molar-refractivity contribution >= 4 is 0 Å². The van der Waals surface area contributed by atoms with Gasteiger partial charge in [-0.05, 0) is 30.2 Å². The first-order valence-electron chi connectivity index (χ1n) is 9.36. The highest BCUT2D eigenvalue weighted by Crippen LogP contribution is 2.30. The Hall–Kier alpha value is -2.71. The summed E-state index contributed by atoms with van der Waals surface area (Å²) in [5.74, 6) is 0. The van der Waals surface area contributed by atoms with Crippen LogP contribution in [-0.4, -0.2) is 33.0 Å². The van der Waals surface area contributed by atoms with Crippen LogP contribution in [0.1, 0.15) is 34.2 Å². The SMILES string of the molecule is Cc1cccc(CN2CCO[C@@H]2c2cn(Cc3cccc(C(F)(F)F)c3)nn2)c1. The lowest BCUT2D eigenvalue weighted by molar-refractivity contribution is -0.137. The molecule has 1 fully saturated rings. The Morgan fingerprint density at radius 2 is 1.83 bits per heavy atom. The Morgan fingerprint density at radius 1 is 1.07 bits per heavy atom. The first-order valence-corrected chi connectivity index (χ1v) is 9.36. The number of ether oxygens (including phenoxy) is 1. The first kappa shape index (κ1) is 19.6. The Labute approximate surface area is 166 Å². The van der Waals surface area contributed by atoms with Crippen LogP contribution in [-0.2, 0) is 24.0 Å². The molecule has 2 heterocycles. The van der Waals surface area contributed by atoms with Crippen molar-refractivity contribution in [3.05, 3.63) is 82.7 Å². The molecule has 1 aromatic heterocycles. The van der Waals surface area contributed by atoms with Gasteiger partial charge in [0.25, 0.3) is 0 Å².